The number of aliphatic carboxylic acids is 1. The standard InChI is InChI=1S/C22H26B2ClN5O12S2/c1-22(2,3)39-21(37)28-20-26-9(6-43-20)12(29-42-10(4-11(31)32)18(35)40-23)15(33)27-13-16(34)30-14(19(36)41-24)8(5-25)7-44(38)17(13)30/h6,10,13,17H,4-5,7,23-24H2,1-3H3,(H,27,33)(H,31,32)(H,26,28,37)/b29-12-/t10-,13+,17+,44?/m0/s1. The molecule has 1 fully saturated rings. The van der Waals surface area contributed by atoms with Gasteiger partial charge in [-0.2, -0.15) is 0 Å². The highest BCUT2D eigenvalue weighted by atomic mass is 35.5. The number of carbonyl (C=O) groups excluding carboxylic acids is 5. The molecular weight excluding hydrogens is 647 g/mol. The number of aromatic nitrogens is 1. The van der Waals surface area contributed by atoms with Crippen molar-refractivity contribution in [2.24, 2.45) is 5.16 Å². The van der Waals surface area contributed by atoms with Gasteiger partial charge in [0.1, 0.15) is 22.7 Å². The van der Waals surface area contributed by atoms with E-state index >= 15 is 0 Å². The zero-order valence-corrected chi connectivity index (χ0v) is 26.3. The number of hydrogen-bond donors (Lipinski definition) is 3. The zero-order chi connectivity index (χ0) is 32.9. The molecule has 1 saturated heterocycles. The Balaban J connectivity index is 1.92. The molecular formula is C22H26B2ClN5O12S2. The number of β-lactam (4-membered cyclic amide) rings is 1. The summed E-state index contributed by atoms with van der Waals surface area (Å²) in [6.45, 7) is 4.93. The van der Waals surface area contributed by atoms with Gasteiger partial charge in [0, 0.05) is 11.0 Å². The fraction of sp³-hybridized carbons (Fsp3) is 0.455. The van der Waals surface area contributed by atoms with E-state index in [0.29, 0.717) is 0 Å². The fourth-order valence-corrected chi connectivity index (χ4v) is 6.56. The van der Waals surface area contributed by atoms with Crippen molar-refractivity contribution in [3.8, 4) is 0 Å². The summed E-state index contributed by atoms with van der Waals surface area (Å²) >= 11 is 4.96. The molecule has 0 aromatic carbocycles. The smallest absolute Gasteiger partial charge is 0.413 e. The Labute approximate surface area is 263 Å². The molecule has 0 aliphatic carbocycles. The van der Waals surface area contributed by atoms with E-state index < -0.39 is 82.2 Å². The van der Waals surface area contributed by atoms with Crippen LogP contribution in [0.4, 0.5) is 9.93 Å². The molecule has 1 aromatic heterocycles. The van der Waals surface area contributed by atoms with Crippen LogP contribution < -0.4 is 10.6 Å². The van der Waals surface area contributed by atoms with E-state index in [1.165, 1.54) is 5.38 Å². The number of rotatable bonds is 11. The first-order chi connectivity index (χ1) is 20.6. The first-order valence-electron chi connectivity index (χ1n) is 12.5. The SMILES string of the molecule is BOC(=O)C1=C(CCl)C[S+]([O-])[C@@H]2[C@H](NC(=O)/C(=N\O[C@@H](CC(=O)O)C(=O)OB)c3csc(NC(=O)OC(C)(C)C)n3)C(=O)N12. The molecule has 236 valence electrons. The van der Waals surface area contributed by atoms with Crippen LogP contribution in [-0.2, 0) is 54.0 Å². The Morgan fingerprint density at radius 1 is 1.30 bits per heavy atom. The van der Waals surface area contributed by atoms with E-state index in [0.717, 1.165) is 32.3 Å². The van der Waals surface area contributed by atoms with Gasteiger partial charge in [0.15, 0.2) is 16.9 Å². The molecule has 2 aliphatic heterocycles. The van der Waals surface area contributed by atoms with Crippen LogP contribution >= 0.6 is 22.9 Å². The minimum absolute atomic E-state index is 0.0365. The zero-order valence-electron chi connectivity index (χ0n) is 23.9. The van der Waals surface area contributed by atoms with Gasteiger partial charge in [0.05, 0.1) is 12.3 Å². The molecule has 2 aliphatic rings. The van der Waals surface area contributed by atoms with Crippen molar-refractivity contribution in [1.82, 2.24) is 15.2 Å². The van der Waals surface area contributed by atoms with Crippen molar-refractivity contribution in [2.45, 2.75) is 50.3 Å². The van der Waals surface area contributed by atoms with Crippen LogP contribution in [-0.4, -0.2) is 112 Å². The number of carboxylic acid groups (broad SMARTS) is 1. The van der Waals surface area contributed by atoms with E-state index in [4.69, 9.17) is 30.9 Å². The van der Waals surface area contributed by atoms with Crippen LogP contribution in [0.1, 0.15) is 32.9 Å². The Morgan fingerprint density at radius 3 is 2.55 bits per heavy atom. The number of anilines is 1. The number of thiazole rings is 1. The third-order valence-electron chi connectivity index (χ3n) is 5.70. The predicted molar refractivity (Wildman–Crippen MR) is 158 cm³/mol. The van der Waals surface area contributed by atoms with Gasteiger partial charge < -0.3 is 33.9 Å². The second kappa shape index (κ2) is 14.3. The minimum Gasteiger partial charge on any atom is -0.614 e. The molecule has 3 heterocycles. The van der Waals surface area contributed by atoms with E-state index in [1.807, 2.05) is 0 Å². The Morgan fingerprint density at radius 2 is 1.98 bits per heavy atom. The van der Waals surface area contributed by atoms with E-state index in [9.17, 15) is 33.3 Å². The number of hydrogen-bond acceptors (Lipinski definition) is 14. The van der Waals surface area contributed by atoms with Crippen molar-refractivity contribution >= 4 is 96.9 Å². The van der Waals surface area contributed by atoms with Crippen LogP contribution in [0.15, 0.2) is 21.8 Å². The number of fused-ring (bicyclic) bond motifs is 1. The average molecular weight is 674 g/mol. The molecule has 3 N–H and O–H groups in total. The van der Waals surface area contributed by atoms with Crippen LogP contribution in [0.25, 0.3) is 0 Å². The van der Waals surface area contributed by atoms with Gasteiger partial charge in [-0.3, -0.25) is 24.6 Å². The number of alkyl halides is 1. The number of oxime groups is 1. The van der Waals surface area contributed by atoms with Crippen LogP contribution in [0.5, 0.6) is 0 Å². The maximum Gasteiger partial charge on any atom is 0.413 e. The molecule has 0 bridgehead atoms. The molecule has 44 heavy (non-hydrogen) atoms. The maximum absolute atomic E-state index is 13.5. The van der Waals surface area contributed by atoms with E-state index in [2.05, 4.69) is 25.4 Å². The Hall–Kier alpha value is -3.81. The summed E-state index contributed by atoms with van der Waals surface area (Å²) in [7, 11) is 2.08. The van der Waals surface area contributed by atoms with Crippen molar-refractivity contribution in [1.29, 1.82) is 0 Å². The number of nitrogens with one attached hydrogen (secondary N) is 2. The highest BCUT2D eigenvalue weighted by Crippen LogP contribution is 2.37. The molecule has 3 amide bonds. The number of ether oxygens (including phenoxy) is 1. The van der Waals surface area contributed by atoms with Gasteiger partial charge in [-0.05, 0) is 31.9 Å². The van der Waals surface area contributed by atoms with Gasteiger partial charge in [0.2, 0.25) is 11.5 Å². The maximum atomic E-state index is 13.5. The molecule has 1 unspecified atom stereocenters. The Kier molecular flexibility index (Phi) is 11.3. The number of carbonyl (C=O) groups is 6. The number of nitrogens with zero attached hydrogens (tertiary/aromatic N) is 3. The Bertz CT molecular complexity index is 1420. The molecule has 0 radical (unpaired) electrons. The third kappa shape index (κ3) is 8.01. The van der Waals surface area contributed by atoms with Gasteiger partial charge in [-0.1, -0.05) is 5.16 Å². The van der Waals surface area contributed by atoms with Crippen molar-refractivity contribution < 1.29 is 57.3 Å². The van der Waals surface area contributed by atoms with Crippen LogP contribution in [0.2, 0.25) is 0 Å². The first kappa shape index (κ1) is 34.7. The van der Waals surface area contributed by atoms with Gasteiger partial charge in [-0.15, -0.1) is 22.9 Å². The summed E-state index contributed by atoms with van der Waals surface area (Å²) in [6, 6.07) is -1.40. The highest BCUT2D eigenvalue weighted by molar-refractivity contribution is 7.92. The number of amides is 3. The summed E-state index contributed by atoms with van der Waals surface area (Å²) in [6.07, 6.45) is -3.50. The average Bonchev–Trinajstić information content (AvgIpc) is 3.40. The van der Waals surface area contributed by atoms with Gasteiger partial charge in [0.25, 0.3) is 11.8 Å². The summed E-state index contributed by atoms with van der Waals surface area (Å²) in [5.74, 6) is -5.70. The lowest BCUT2D eigenvalue weighted by atomic mass is 10.0. The molecule has 0 saturated carbocycles. The summed E-state index contributed by atoms with van der Waals surface area (Å²) in [5, 5.41) is 17.6. The number of halogens is 1. The van der Waals surface area contributed by atoms with Gasteiger partial charge >= 0.3 is 40.1 Å². The van der Waals surface area contributed by atoms with E-state index in [-0.39, 0.29) is 33.7 Å². The quantitative estimate of drug-likeness (QED) is 0.0585. The lowest BCUT2D eigenvalue weighted by Crippen LogP contribution is -2.75. The van der Waals surface area contributed by atoms with Crippen molar-refractivity contribution in [3.05, 3.63) is 22.3 Å². The van der Waals surface area contributed by atoms with E-state index in [1.54, 1.807) is 20.8 Å². The van der Waals surface area contributed by atoms with Crippen molar-refractivity contribution in [3.63, 3.8) is 0 Å². The highest BCUT2D eigenvalue weighted by Gasteiger charge is 2.61. The lowest BCUT2D eigenvalue weighted by molar-refractivity contribution is -0.154. The van der Waals surface area contributed by atoms with Crippen LogP contribution in [0, 0.1) is 0 Å². The second-order valence-electron chi connectivity index (χ2n) is 9.97. The molecule has 22 heteroatoms. The summed E-state index contributed by atoms with van der Waals surface area (Å²) in [4.78, 5) is 84.5. The summed E-state index contributed by atoms with van der Waals surface area (Å²) < 4.78 is 27.4. The fourth-order valence-electron chi connectivity index (χ4n) is 3.86. The second-order valence-corrected chi connectivity index (χ2v) is 12.6. The molecule has 3 rings (SSSR count). The normalized spacial score (nSPS) is 20.5. The third-order valence-corrected chi connectivity index (χ3v) is 8.43. The molecule has 4 atom stereocenters. The van der Waals surface area contributed by atoms with Crippen LogP contribution in [0.3, 0.4) is 0 Å². The minimum atomic E-state index is -1.79. The molecule has 0 spiro atoms. The summed E-state index contributed by atoms with van der Waals surface area (Å²) in [5.41, 5.74) is -1.64. The lowest BCUT2D eigenvalue weighted by Gasteiger charge is -2.49. The first-order valence-corrected chi connectivity index (χ1v) is 15.3. The number of carboxylic acids is 1. The monoisotopic (exact) mass is 673 g/mol. The van der Waals surface area contributed by atoms with Gasteiger partial charge in [-0.25, -0.2) is 19.4 Å². The molecule has 1 aromatic rings. The molecule has 17 nitrogen and oxygen atoms in total. The largest absolute Gasteiger partial charge is 0.614 e. The topological polar surface area (TPSA) is 235 Å². The predicted octanol–water partition coefficient (Wildman–Crippen LogP) is -1.85. The van der Waals surface area contributed by atoms with Crippen molar-refractivity contribution in [2.75, 3.05) is 16.9 Å².